The molecule has 110 valence electrons. The second-order valence-corrected chi connectivity index (χ2v) is 6.94. The molecule has 0 spiro atoms. The predicted molar refractivity (Wildman–Crippen MR) is 84.8 cm³/mol. The number of piperidine rings is 1. The summed E-state index contributed by atoms with van der Waals surface area (Å²) in [6.07, 6.45) is 5.00. The zero-order chi connectivity index (χ0) is 14.3. The highest BCUT2D eigenvalue weighted by molar-refractivity contribution is 7.19. The summed E-state index contributed by atoms with van der Waals surface area (Å²) < 4.78 is 0. The fourth-order valence-electron chi connectivity index (χ4n) is 2.92. The van der Waals surface area contributed by atoms with E-state index in [1.54, 1.807) is 11.3 Å². The van der Waals surface area contributed by atoms with E-state index < -0.39 is 0 Å². The van der Waals surface area contributed by atoms with Crippen molar-refractivity contribution < 1.29 is 4.79 Å². The number of nitrogens with zero attached hydrogens (tertiary/aromatic N) is 1. The van der Waals surface area contributed by atoms with Crippen molar-refractivity contribution in [3.63, 3.8) is 0 Å². The third kappa shape index (κ3) is 2.44. The van der Waals surface area contributed by atoms with Crippen LogP contribution in [0.2, 0.25) is 0 Å². The monoisotopic (exact) mass is 293 g/mol. The van der Waals surface area contributed by atoms with Crippen molar-refractivity contribution in [2.75, 3.05) is 23.7 Å². The third-order valence-electron chi connectivity index (χ3n) is 4.35. The van der Waals surface area contributed by atoms with Crippen LogP contribution >= 0.6 is 11.3 Å². The Morgan fingerprint density at radius 1 is 1.30 bits per heavy atom. The number of ketones is 1. The first-order valence-electron chi connectivity index (χ1n) is 7.57. The van der Waals surface area contributed by atoms with Gasteiger partial charge in [0.05, 0.1) is 15.6 Å². The van der Waals surface area contributed by atoms with Crippen LogP contribution in [0.1, 0.15) is 60.2 Å². The van der Waals surface area contributed by atoms with Crippen molar-refractivity contribution in [2.24, 2.45) is 5.73 Å². The molecule has 4 N–H and O–H groups in total. The van der Waals surface area contributed by atoms with Crippen molar-refractivity contribution in [3.8, 4) is 0 Å². The van der Waals surface area contributed by atoms with Gasteiger partial charge in [-0.15, -0.1) is 11.3 Å². The van der Waals surface area contributed by atoms with Gasteiger partial charge in [-0.1, -0.05) is 6.92 Å². The zero-order valence-electron chi connectivity index (χ0n) is 12.0. The molecule has 0 unspecified atom stereocenters. The van der Waals surface area contributed by atoms with Gasteiger partial charge in [-0.05, 0) is 31.6 Å². The van der Waals surface area contributed by atoms with Crippen LogP contribution in [0, 0.1) is 0 Å². The first-order valence-corrected chi connectivity index (χ1v) is 8.39. The van der Waals surface area contributed by atoms with Gasteiger partial charge in [0.2, 0.25) is 0 Å². The Balaban J connectivity index is 1.94. The molecule has 2 heterocycles. The summed E-state index contributed by atoms with van der Waals surface area (Å²) in [5, 5.41) is 1.24. The highest BCUT2D eigenvalue weighted by Crippen LogP contribution is 2.52. The SMILES string of the molecule is CCC(=O)c1sc(N2CCC(N)CC2)c(C2CC2)c1N. The van der Waals surface area contributed by atoms with Crippen molar-refractivity contribution in [1.29, 1.82) is 0 Å². The molecule has 20 heavy (non-hydrogen) atoms. The number of nitrogens with two attached hydrogens (primary N) is 2. The molecule has 0 bridgehead atoms. The number of carbonyl (C=O) groups is 1. The second-order valence-electron chi connectivity index (χ2n) is 5.94. The Hall–Kier alpha value is -1.07. The van der Waals surface area contributed by atoms with E-state index in [0.717, 1.165) is 36.5 Å². The maximum absolute atomic E-state index is 12.1. The quantitative estimate of drug-likeness (QED) is 0.837. The van der Waals surface area contributed by atoms with E-state index in [4.69, 9.17) is 11.5 Å². The molecule has 1 aliphatic carbocycles. The number of Topliss-reactive ketones (excluding diaryl/α,β-unsaturated/α-hetero) is 1. The van der Waals surface area contributed by atoms with Crippen LogP contribution < -0.4 is 16.4 Å². The van der Waals surface area contributed by atoms with Gasteiger partial charge < -0.3 is 16.4 Å². The zero-order valence-corrected chi connectivity index (χ0v) is 12.8. The number of anilines is 2. The van der Waals surface area contributed by atoms with Gasteiger partial charge in [-0.25, -0.2) is 0 Å². The number of carbonyl (C=O) groups excluding carboxylic acids is 1. The lowest BCUT2D eigenvalue weighted by Crippen LogP contribution is -2.39. The standard InChI is InChI=1S/C15H23N3OS/c1-2-11(19)14-13(17)12(9-3-4-9)15(20-14)18-7-5-10(16)6-8-18/h9-10H,2-8,16-17H2,1H3. The van der Waals surface area contributed by atoms with E-state index in [2.05, 4.69) is 4.90 Å². The summed E-state index contributed by atoms with van der Waals surface area (Å²) in [7, 11) is 0. The van der Waals surface area contributed by atoms with Gasteiger partial charge in [0, 0.05) is 31.1 Å². The van der Waals surface area contributed by atoms with E-state index in [1.807, 2.05) is 6.92 Å². The van der Waals surface area contributed by atoms with Crippen LogP contribution in [0.25, 0.3) is 0 Å². The fraction of sp³-hybridized carbons (Fsp3) is 0.667. The summed E-state index contributed by atoms with van der Waals surface area (Å²) in [6.45, 7) is 3.87. The van der Waals surface area contributed by atoms with E-state index in [1.165, 1.54) is 23.4 Å². The van der Waals surface area contributed by atoms with Crippen LogP contribution in [0.5, 0.6) is 0 Å². The Bertz CT molecular complexity index is 513. The Morgan fingerprint density at radius 2 is 1.95 bits per heavy atom. The summed E-state index contributed by atoms with van der Waals surface area (Å²) in [4.78, 5) is 15.2. The van der Waals surface area contributed by atoms with Gasteiger partial charge in [-0.3, -0.25) is 4.79 Å². The molecule has 2 aliphatic rings. The van der Waals surface area contributed by atoms with Crippen LogP contribution in [-0.4, -0.2) is 24.9 Å². The normalized spacial score (nSPS) is 20.4. The molecule has 1 aromatic rings. The molecule has 0 atom stereocenters. The van der Waals surface area contributed by atoms with Crippen LogP contribution in [0.15, 0.2) is 0 Å². The summed E-state index contributed by atoms with van der Waals surface area (Å²) in [6, 6.07) is 0.324. The first kappa shape index (κ1) is 13.9. The molecule has 1 saturated carbocycles. The highest BCUT2D eigenvalue weighted by atomic mass is 32.1. The van der Waals surface area contributed by atoms with Gasteiger partial charge in [0.15, 0.2) is 5.78 Å². The number of rotatable bonds is 4. The largest absolute Gasteiger partial charge is 0.397 e. The second kappa shape index (κ2) is 5.37. The Labute approximate surface area is 124 Å². The molecular weight excluding hydrogens is 270 g/mol. The molecule has 1 saturated heterocycles. The van der Waals surface area contributed by atoms with Crippen molar-refractivity contribution in [2.45, 2.75) is 51.0 Å². The molecule has 3 rings (SSSR count). The molecule has 0 aromatic carbocycles. The van der Waals surface area contributed by atoms with E-state index >= 15 is 0 Å². The molecule has 4 nitrogen and oxygen atoms in total. The summed E-state index contributed by atoms with van der Waals surface area (Å²) in [5.74, 6) is 0.754. The lowest BCUT2D eigenvalue weighted by molar-refractivity contribution is 0.0993. The molecule has 1 aliphatic heterocycles. The Morgan fingerprint density at radius 3 is 2.50 bits per heavy atom. The number of thiophene rings is 1. The van der Waals surface area contributed by atoms with Crippen molar-refractivity contribution in [1.82, 2.24) is 0 Å². The number of hydrogen-bond donors (Lipinski definition) is 2. The maximum atomic E-state index is 12.1. The number of nitrogen functional groups attached to an aromatic ring is 1. The molecule has 2 fully saturated rings. The fourth-order valence-corrected chi connectivity index (χ4v) is 4.29. The van der Waals surface area contributed by atoms with E-state index in [-0.39, 0.29) is 5.78 Å². The highest BCUT2D eigenvalue weighted by Gasteiger charge is 2.34. The minimum absolute atomic E-state index is 0.175. The van der Waals surface area contributed by atoms with Gasteiger partial charge in [-0.2, -0.15) is 0 Å². The average Bonchev–Trinajstić information content (AvgIpc) is 3.22. The number of hydrogen-bond acceptors (Lipinski definition) is 5. The lowest BCUT2D eigenvalue weighted by atomic mass is 10.0. The van der Waals surface area contributed by atoms with E-state index in [0.29, 0.717) is 18.4 Å². The third-order valence-corrected chi connectivity index (χ3v) is 5.67. The van der Waals surface area contributed by atoms with Gasteiger partial charge in [0.1, 0.15) is 0 Å². The molecule has 0 amide bonds. The topological polar surface area (TPSA) is 72.3 Å². The summed E-state index contributed by atoms with van der Waals surface area (Å²) >= 11 is 1.61. The molecular formula is C15H23N3OS. The van der Waals surface area contributed by atoms with Crippen LogP contribution in [0.3, 0.4) is 0 Å². The minimum Gasteiger partial charge on any atom is -0.397 e. The average molecular weight is 293 g/mol. The van der Waals surface area contributed by atoms with Crippen molar-refractivity contribution >= 4 is 27.8 Å². The predicted octanol–water partition coefficient (Wildman–Crippen LogP) is 2.73. The maximum Gasteiger partial charge on any atom is 0.174 e. The Kier molecular flexibility index (Phi) is 3.73. The molecule has 1 aromatic heterocycles. The van der Waals surface area contributed by atoms with Crippen molar-refractivity contribution in [3.05, 3.63) is 10.4 Å². The van der Waals surface area contributed by atoms with E-state index in [9.17, 15) is 4.79 Å². The molecule has 5 heteroatoms. The van der Waals surface area contributed by atoms with Gasteiger partial charge >= 0.3 is 0 Å². The van der Waals surface area contributed by atoms with Gasteiger partial charge in [0.25, 0.3) is 0 Å². The summed E-state index contributed by atoms with van der Waals surface area (Å²) in [5.41, 5.74) is 14.3. The van der Waals surface area contributed by atoms with Crippen LogP contribution in [0.4, 0.5) is 10.7 Å². The minimum atomic E-state index is 0.175. The molecule has 0 radical (unpaired) electrons. The smallest absolute Gasteiger partial charge is 0.174 e. The lowest BCUT2D eigenvalue weighted by Gasteiger charge is -2.31. The first-order chi connectivity index (χ1) is 9.61. The van der Waals surface area contributed by atoms with Crippen LogP contribution in [-0.2, 0) is 0 Å².